The summed E-state index contributed by atoms with van der Waals surface area (Å²) in [6.07, 6.45) is 0. The van der Waals surface area contributed by atoms with Gasteiger partial charge in [-0.05, 0) is 36.8 Å². The van der Waals surface area contributed by atoms with E-state index in [0.717, 1.165) is 18.7 Å². The molecule has 0 amide bonds. The average Bonchev–Trinajstić information content (AvgIpc) is 2.70. The molecule has 148 valence electrons. The molecule has 3 rings (SSSR count). The molecular formula is C20H22FN3O4. The number of nitro benzene ring substituents is 1. The van der Waals surface area contributed by atoms with Gasteiger partial charge < -0.3 is 10.1 Å². The van der Waals surface area contributed by atoms with Gasteiger partial charge in [0.2, 0.25) is 0 Å². The molecule has 1 aliphatic rings. The third kappa shape index (κ3) is 4.71. The Hall–Kier alpha value is -2.84. The number of halogens is 1. The molecule has 0 radical (unpaired) electrons. The van der Waals surface area contributed by atoms with Crippen LogP contribution in [0.5, 0.6) is 0 Å². The molecule has 1 fully saturated rings. The molecule has 1 heterocycles. The van der Waals surface area contributed by atoms with Crippen molar-refractivity contribution in [2.24, 2.45) is 0 Å². The van der Waals surface area contributed by atoms with Crippen LogP contribution in [0, 0.1) is 15.9 Å². The van der Waals surface area contributed by atoms with Crippen molar-refractivity contribution in [2.45, 2.75) is 13.0 Å². The molecule has 2 aromatic rings. The first-order valence-corrected chi connectivity index (χ1v) is 9.06. The Morgan fingerprint density at radius 3 is 2.54 bits per heavy atom. The number of rotatable bonds is 7. The third-order valence-electron chi connectivity index (χ3n) is 4.83. The number of nitrogens with one attached hydrogen (secondary N) is 1. The van der Waals surface area contributed by atoms with E-state index < -0.39 is 4.92 Å². The molecule has 28 heavy (non-hydrogen) atoms. The Balaban J connectivity index is 1.84. The molecule has 1 unspecified atom stereocenters. The Bertz CT molecular complexity index is 851. The lowest BCUT2D eigenvalue weighted by atomic mass is 10.0. The highest BCUT2D eigenvalue weighted by atomic mass is 19.1. The summed E-state index contributed by atoms with van der Waals surface area (Å²) in [5, 5.41) is 14.6. The SMILES string of the molecule is CC(=O)c1ccc(NCC(c2ccc(F)cc2)N2CCOCC2)c([N+](=O)[O-])c1. The molecule has 7 nitrogen and oxygen atoms in total. The first-order chi connectivity index (χ1) is 13.5. The minimum atomic E-state index is -0.504. The van der Waals surface area contributed by atoms with Crippen LogP contribution in [0.15, 0.2) is 42.5 Å². The predicted molar refractivity (Wildman–Crippen MR) is 103 cm³/mol. The van der Waals surface area contributed by atoms with E-state index in [4.69, 9.17) is 4.74 Å². The fourth-order valence-electron chi connectivity index (χ4n) is 3.29. The van der Waals surface area contributed by atoms with Crippen molar-refractivity contribution in [2.75, 3.05) is 38.2 Å². The van der Waals surface area contributed by atoms with Crippen molar-refractivity contribution in [3.63, 3.8) is 0 Å². The number of Topliss-reactive ketones (excluding diaryl/α,β-unsaturated/α-hetero) is 1. The van der Waals surface area contributed by atoms with Gasteiger partial charge >= 0.3 is 0 Å². The number of carbonyl (C=O) groups is 1. The summed E-state index contributed by atoms with van der Waals surface area (Å²) in [7, 11) is 0. The number of benzene rings is 2. The largest absolute Gasteiger partial charge is 0.379 e. The van der Waals surface area contributed by atoms with Crippen molar-refractivity contribution >= 4 is 17.2 Å². The summed E-state index contributed by atoms with van der Waals surface area (Å²) >= 11 is 0. The van der Waals surface area contributed by atoms with Crippen LogP contribution in [0.3, 0.4) is 0 Å². The second-order valence-corrected chi connectivity index (χ2v) is 6.64. The molecule has 1 N–H and O–H groups in total. The van der Waals surface area contributed by atoms with E-state index in [-0.39, 0.29) is 23.3 Å². The standard InChI is InChI=1S/C20H22FN3O4/c1-14(25)16-4-7-18(19(12-16)24(26)27)22-13-20(23-8-10-28-11-9-23)15-2-5-17(21)6-3-15/h2-7,12,20,22H,8-11,13H2,1H3. The van der Waals surface area contributed by atoms with Gasteiger partial charge in [0.25, 0.3) is 5.69 Å². The van der Waals surface area contributed by atoms with Crippen LogP contribution < -0.4 is 5.32 Å². The number of anilines is 1. The molecule has 1 aliphatic heterocycles. The Kier molecular flexibility index (Phi) is 6.33. The Labute approximate surface area is 162 Å². The summed E-state index contributed by atoms with van der Waals surface area (Å²) in [4.78, 5) is 24.7. The van der Waals surface area contributed by atoms with Crippen molar-refractivity contribution in [3.05, 3.63) is 69.5 Å². The van der Waals surface area contributed by atoms with Gasteiger partial charge in [-0.25, -0.2) is 4.39 Å². The van der Waals surface area contributed by atoms with E-state index in [1.807, 2.05) is 0 Å². The van der Waals surface area contributed by atoms with E-state index in [2.05, 4.69) is 10.2 Å². The predicted octanol–water partition coefficient (Wildman–Crippen LogP) is 3.42. The molecule has 0 spiro atoms. The number of morpholine rings is 1. The highest BCUT2D eigenvalue weighted by Crippen LogP contribution is 2.28. The summed E-state index contributed by atoms with van der Waals surface area (Å²) in [5.41, 5.74) is 1.40. The first-order valence-electron chi connectivity index (χ1n) is 9.06. The average molecular weight is 387 g/mol. The Morgan fingerprint density at radius 2 is 1.93 bits per heavy atom. The van der Waals surface area contributed by atoms with Gasteiger partial charge in [0, 0.05) is 31.3 Å². The van der Waals surface area contributed by atoms with Gasteiger partial charge in [-0.15, -0.1) is 0 Å². The summed E-state index contributed by atoms with van der Waals surface area (Å²) in [5.74, 6) is -0.542. The molecule has 1 saturated heterocycles. The van der Waals surface area contributed by atoms with Crippen LogP contribution in [0.4, 0.5) is 15.8 Å². The minimum Gasteiger partial charge on any atom is -0.379 e. The second kappa shape index (κ2) is 8.90. The third-order valence-corrected chi connectivity index (χ3v) is 4.83. The zero-order valence-electron chi connectivity index (χ0n) is 15.6. The molecule has 2 aromatic carbocycles. The van der Waals surface area contributed by atoms with Gasteiger partial charge in [-0.3, -0.25) is 19.8 Å². The van der Waals surface area contributed by atoms with Gasteiger partial charge in [-0.2, -0.15) is 0 Å². The van der Waals surface area contributed by atoms with Crippen molar-refractivity contribution < 1.29 is 18.8 Å². The summed E-state index contributed by atoms with van der Waals surface area (Å²) < 4.78 is 18.7. The highest BCUT2D eigenvalue weighted by molar-refractivity contribution is 5.95. The number of carbonyl (C=O) groups excluding carboxylic acids is 1. The van der Waals surface area contributed by atoms with Crippen LogP contribution in [-0.4, -0.2) is 48.5 Å². The molecular weight excluding hydrogens is 365 g/mol. The summed E-state index contributed by atoms with van der Waals surface area (Å²) in [6.45, 7) is 4.40. The zero-order valence-corrected chi connectivity index (χ0v) is 15.6. The van der Waals surface area contributed by atoms with Crippen molar-refractivity contribution in [1.29, 1.82) is 0 Å². The van der Waals surface area contributed by atoms with Crippen molar-refractivity contribution in [3.8, 4) is 0 Å². The number of hydrogen-bond acceptors (Lipinski definition) is 6. The van der Waals surface area contributed by atoms with Crippen molar-refractivity contribution in [1.82, 2.24) is 4.90 Å². The number of nitrogens with zero attached hydrogens (tertiary/aromatic N) is 2. The monoisotopic (exact) mass is 387 g/mol. The molecule has 0 aromatic heterocycles. The fraction of sp³-hybridized carbons (Fsp3) is 0.350. The maximum absolute atomic E-state index is 13.3. The summed E-state index contributed by atoms with van der Waals surface area (Å²) in [6, 6.07) is 10.6. The lowest BCUT2D eigenvalue weighted by Crippen LogP contribution is -2.41. The Morgan fingerprint density at radius 1 is 1.25 bits per heavy atom. The number of ketones is 1. The smallest absolute Gasteiger partial charge is 0.293 e. The molecule has 1 atom stereocenters. The molecule has 0 bridgehead atoms. The van der Waals surface area contributed by atoms with Crippen LogP contribution in [0.2, 0.25) is 0 Å². The van der Waals surface area contributed by atoms with Crippen LogP contribution in [-0.2, 0) is 4.74 Å². The number of ether oxygens (including phenoxy) is 1. The van der Waals surface area contributed by atoms with Crippen LogP contribution >= 0.6 is 0 Å². The van der Waals surface area contributed by atoms with E-state index in [0.29, 0.717) is 31.0 Å². The van der Waals surface area contributed by atoms with Gasteiger partial charge in [-0.1, -0.05) is 12.1 Å². The lowest BCUT2D eigenvalue weighted by Gasteiger charge is -2.35. The zero-order chi connectivity index (χ0) is 20.1. The van der Waals surface area contributed by atoms with E-state index in [9.17, 15) is 19.3 Å². The molecule has 0 aliphatic carbocycles. The van der Waals surface area contributed by atoms with E-state index in [1.54, 1.807) is 24.3 Å². The highest BCUT2D eigenvalue weighted by Gasteiger charge is 2.24. The minimum absolute atomic E-state index is 0.100. The van der Waals surface area contributed by atoms with Gasteiger partial charge in [0.05, 0.1) is 24.2 Å². The quantitative estimate of drug-likeness (QED) is 0.445. The van der Waals surface area contributed by atoms with E-state index >= 15 is 0 Å². The molecule has 8 heteroatoms. The van der Waals surface area contributed by atoms with Crippen LogP contribution in [0.1, 0.15) is 28.9 Å². The number of nitro groups is 1. The van der Waals surface area contributed by atoms with Gasteiger partial charge in [0.15, 0.2) is 5.78 Å². The lowest BCUT2D eigenvalue weighted by molar-refractivity contribution is -0.384. The maximum atomic E-state index is 13.3. The van der Waals surface area contributed by atoms with Crippen LogP contribution in [0.25, 0.3) is 0 Å². The van der Waals surface area contributed by atoms with E-state index in [1.165, 1.54) is 25.1 Å². The topological polar surface area (TPSA) is 84.7 Å². The fourth-order valence-corrected chi connectivity index (χ4v) is 3.29. The molecule has 0 saturated carbocycles. The number of hydrogen-bond donors (Lipinski definition) is 1. The first kappa shape index (κ1) is 19.9. The maximum Gasteiger partial charge on any atom is 0.293 e. The van der Waals surface area contributed by atoms with Gasteiger partial charge in [0.1, 0.15) is 11.5 Å². The normalized spacial score (nSPS) is 15.8. The second-order valence-electron chi connectivity index (χ2n) is 6.64.